The molecule has 106 valence electrons. The molecule has 0 heterocycles. The number of methoxy groups -OCH3 is 1. The minimum atomic E-state index is -2.43. The van der Waals surface area contributed by atoms with E-state index in [4.69, 9.17) is 10.5 Å². The van der Waals surface area contributed by atoms with Crippen molar-refractivity contribution in [2.75, 3.05) is 7.11 Å². The first kappa shape index (κ1) is 16.9. The van der Waals surface area contributed by atoms with E-state index in [0.29, 0.717) is 0 Å². The fraction of sp³-hybridized carbons (Fsp3) is 0.833. The average molecular weight is 261 g/mol. The lowest BCUT2D eigenvalue weighted by Gasteiger charge is -2.38. The highest BCUT2D eigenvalue weighted by atomic mass is 16.6. The maximum absolute atomic E-state index is 12.1. The largest absolute Gasteiger partial charge is 0.466 e. The Morgan fingerprint density at radius 3 is 1.89 bits per heavy atom. The first-order valence-electron chi connectivity index (χ1n) is 5.75. The third-order valence-corrected chi connectivity index (χ3v) is 2.89. The number of carbonyl (C=O) groups excluding carboxylic acids is 2. The van der Waals surface area contributed by atoms with Gasteiger partial charge in [-0.25, -0.2) is 4.79 Å². The van der Waals surface area contributed by atoms with Crippen molar-refractivity contribution >= 4 is 11.9 Å². The molecule has 0 rings (SSSR count). The first-order valence-corrected chi connectivity index (χ1v) is 5.75. The zero-order chi connectivity index (χ0) is 14.8. The molecule has 2 unspecified atom stereocenters. The van der Waals surface area contributed by atoms with Crippen molar-refractivity contribution in [1.82, 2.24) is 0 Å². The molecule has 0 spiro atoms. The number of aliphatic hydroxyl groups is 1. The zero-order valence-corrected chi connectivity index (χ0v) is 11.9. The van der Waals surface area contributed by atoms with Gasteiger partial charge in [-0.3, -0.25) is 10.5 Å². The van der Waals surface area contributed by atoms with E-state index < -0.39 is 28.7 Å². The summed E-state index contributed by atoms with van der Waals surface area (Å²) < 4.78 is 9.61. The van der Waals surface area contributed by atoms with Gasteiger partial charge in [-0.05, 0) is 34.1 Å². The molecule has 0 amide bonds. The lowest BCUT2D eigenvalue weighted by molar-refractivity contribution is -0.198. The van der Waals surface area contributed by atoms with E-state index >= 15 is 0 Å². The van der Waals surface area contributed by atoms with Crippen LogP contribution in [-0.2, 0) is 19.1 Å². The Morgan fingerprint density at radius 1 is 1.17 bits per heavy atom. The standard InChI is InChI=1S/C12H23NO5/c1-7-11(5,8(14)18-10(2,3)4)12(13,16)9(15)17-6/h16H,7,13H2,1-6H3. The Morgan fingerprint density at radius 2 is 1.61 bits per heavy atom. The highest BCUT2D eigenvalue weighted by Gasteiger charge is 2.56. The fourth-order valence-corrected chi connectivity index (χ4v) is 1.34. The predicted octanol–water partition coefficient (Wildman–Crippen LogP) is 0.565. The van der Waals surface area contributed by atoms with E-state index in [0.717, 1.165) is 7.11 Å². The van der Waals surface area contributed by atoms with Crippen molar-refractivity contribution in [2.45, 2.75) is 52.4 Å². The Bertz CT molecular complexity index is 332. The molecule has 3 N–H and O–H groups in total. The molecule has 0 aromatic heterocycles. The Balaban J connectivity index is 5.37. The van der Waals surface area contributed by atoms with Crippen molar-refractivity contribution < 1.29 is 24.2 Å². The number of hydrogen-bond acceptors (Lipinski definition) is 6. The molecule has 0 bridgehead atoms. The van der Waals surface area contributed by atoms with Gasteiger partial charge in [0.25, 0.3) is 0 Å². The lowest BCUT2D eigenvalue weighted by atomic mass is 9.76. The normalized spacial score (nSPS) is 18.4. The Hall–Kier alpha value is -1.14. The summed E-state index contributed by atoms with van der Waals surface area (Å²) in [5.41, 5.74) is 0.816. The third kappa shape index (κ3) is 3.20. The number of nitrogens with two attached hydrogens (primary N) is 1. The molecule has 0 aliphatic rings. The van der Waals surface area contributed by atoms with E-state index in [1.165, 1.54) is 6.92 Å². The van der Waals surface area contributed by atoms with Crippen LogP contribution in [0.1, 0.15) is 41.0 Å². The van der Waals surface area contributed by atoms with E-state index in [1.807, 2.05) is 0 Å². The van der Waals surface area contributed by atoms with Gasteiger partial charge in [0, 0.05) is 0 Å². The van der Waals surface area contributed by atoms with Crippen LogP contribution in [0.25, 0.3) is 0 Å². The number of esters is 2. The van der Waals surface area contributed by atoms with Gasteiger partial charge in [0.15, 0.2) is 0 Å². The molecule has 0 saturated heterocycles. The quantitative estimate of drug-likeness (QED) is 0.567. The molecule has 0 aliphatic heterocycles. The predicted molar refractivity (Wildman–Crippen MR) is 65.4 cm³/mol. The Kier molecular flexibility index (Phi) is 4.91. The minimum Gasteiger partial charge on any atom is -0.466 e. The molecule has 0 aliphatic carbocycles. The summed E-state index contributed by atoms with van der Waals surface area (Å²) in [6, 6.07) is 0. The van der Waals surface area contributed by atoms with E-state index in [1.54, 1.807) is 27.7 Å². The van der Waals surface area contributed by atoms with Crippen LogP contribution >= 0.6 is 0 Å². The molecule has 0 saturated carbocycles. The molecular weight excluding hydrogens is 238 g/mol. The van der Waals surface area contributed by atoms with Crippen LogP contribution in [0.5, 0.6) is 0 Å². The van der Waals surface area contributed by atoms with Gasteiger partial charge < -0.3 is 14.6 Å². The maximum atomic E-state index is 12.1. The van der Waals surface area contributed by atoms with Crippen molar-refractivity contribution in [3.05, 3.63) is 0 Å². The average Bonchev–Trinajstić information content (AvgIpc) is 2.23. The number of rotatable bonds is 4. The highest BCUT2D eigenvalue weighted by molar-refractivity contribution is 5.89. The van der Waals surface area contributed by atoms with E-state index in [-0.39, 0.29) is 6.42 Å². The van der Waals surface area contributed by atoms with Gasteiger partial charge >= 0.3 is 11.9 Å². The van der Waals surface area contributed by atoms with Crippen molar-refractivity contribution in [2.24, 2.45) is 11.1 Å². The first-order chi connectivity index (χ1) is 7.92. The summed E-state index contributed by atoms with van der Waals surface area (Å²) in [7, 11) is 1.09. The van der Waals surface area contributed by atoms with Gasteiger partial charge in [0.2, 0.25) is 5.72 Å². The maximum Gasteiger partial charge on any atom is 0.354 e. The van der Waals surface area contributed by atoms with Crippen LogP contribution in [-0.4, -0.2) is 35.5 Å². The molecular formula is C12H23NO5. The van der Waals surface area contributed by atoms with Crippen LogP contribution in [0, 0.1) is 5.41 Å². The second-order valence-electron chi connectivity index (χ2n) is 5.45. The van der Waals surface area contributed by atoms with Gasteiger partial charge in [-0.15, -0.1) is 0 Å². The SMILES string of the molecule is CCC(C)(C(=O)OC(C)(C)C)C(N)(O)C(=O)OC. The summed E-state index contributed by atoms with van der Waals surface area (Å²) in [5, 5.41) is 10.1. The summed E-state index contributed by atoms with van der Waals surface area (Å²) in [6.45, 7) is 8.07. The van der Waals surface area contributed by atoms with Gasteiger partial charge in [0.1, 0.15) is 11.0 Å². The highest BCUT2D eigenvalue weighted by Crippen LogP contribution is 2.35. The topological polar surface area (TPSA) is 98.9 Å². The van der Waals surface area contributed by atoms with Crippen LogP contribution < -0.4 is 5.73 Å². The van der Waals surface area contributed by atoms with E-state index in [2.05, 4.69) is 4.74 Å². The van der Waals surface area contributed by atoms with Crippen LogP contribution in [0.4, 0.5) is 0 Å². The van der Waals surface area contributed by atoms with Crippen molar-refractivity contribution in [3.8, 4) is 0 Å². The minimum absolute atomic E-state index is 0.129. The van der Waals surface area contributed by atoms with Gasteiger partial charge in [-0.2, -0.15) is 0 Å². The molecule has 6 heteroatoms. The molecule has 6 nitrogen and oxygen atoms in total. The third-order valence-electron chi connectivity index (χ3n) is 2.89. The van der Waals surface area contributed by atoms with Crippen molar-refractivity contribution in [3.63, 3.8) is 0 Å². The molecule has 2 atom stereocenters. The van der Waals surface area contributed by atoms with Crippen molar-refractivity contribution in [1.29, 1.82) is 0 Å². The molecule has 0 aromatic rings. The number of hydrogen-bond donors (Lipinski definition) is 2. The summed E-state index contributed by atoms with van der Waals surface area (Å²) in [5.74, 6) is -1.81. The fourth-order valence-electron chi connectivity index (χ4n) is 1.34. The molecule has 0 radical (unpaired) electrons. The van der Waals surface area contributed by atoms with Crippen LogP contribution in [0.15, 0.2) is 0 Å². The van der Waals surface area contributed by atoms with Crippen LogP contribution in [0.3, 0.4) is 0 Å². The van der Waals surface area contributed by atoms with Crippen LogP contribution in [0.2, 0.25) is 0 Å². The monoisotopic (exact) mass is 261 g/mol. The molecule has 0 aromatic carbocycles. The number of carbonyl (C=O) groups is 2. The van der Waals surface area contributed by atoms with E-state index in [9.17, 15) is 14.7 Å². The Labute approximate surface area is 107 Å². The zero-order valence-electron chi connectivity index (χ0n) is 11.9. The summed E-state index contributed by atoms with van der Waals surface area (Å²) in [6.07, 6.45) is 0.129. The number of ether oxygens (including phenoxy) is 2. The smallest absolute Gasteiger partial charge is 0.354 e. The van der Waals surface area contributed by atoms with Gasteiger partial charge in [0.05, 0.1) is 7.11 Å². The second-order valence-corrected chi connectivity index (χ2v) is 5.45. The summed E-state index contributed by atoms with van der Waals surface area (Å²) >= 11 is 0. The second kappa shape index (κ2) is 5.24. The summed E-state index contributed by atoms with van der Waals surface area (Å²) in [4.78, 5) is 23.6. The molecule has 18 heavy (non-hydrogen) atoms. The lowest BCUT2D eigenvalue weighted by Crippen LogP contribution is -2.64. The van der Waals surface area contributed by atoms with Gasteiger partial charge in [-0.1, -0.05) is 6.92 Å². The molecule has 0 fully saturated rings.